The molecule has 1 aromatic carbocycles. The molecule has 0 atom stereocenters. The van der Waals surface area contributed by atoms with Gasteiger partial charge in [0.15, 0.2) is 0 Å². The zero-order chi connectivity index (χ0) is 13.4. The smallest absolute Gasteiger partial charge is 0.328 e. The average molecular weight is 315 g/mol. The van der Waals surface area contributed by atoms with E-state index < -0.39 is 5.97 Å². The molecule has 0 amide bonds. The predicted molar refractivity (Wildman–Crippen MR) is 72.8 cm³/mol. The van der Waals surface area contributed by atoms with Crippen molar-refractivity contribution in [1.29, 1.82) is 0 Å². The van der Waals surface area contributed by atoms with Crippen LogP contribution in [0.1, 0.15) is 12.5 Å². The fraction of sp³-hybridized carbons (Fsp3) is 0.308. The van der Waals surface area contributed by atoms with Gasteiger partial charge in [0.2, 0.25) is 0 Å². The molecule has 1 aromatic rings. The Hall–Kier alpha value is -1.33. The van der Waals surface area contributed by atoms with Crippen molar-refractivity contribution in [1.82, 2.24) is 0 Å². The number of carboxylic acid groups (broad SMARTS) is 1. The number of hydrogen-bond donors (Lipinski definition) is 1. The van der Waals surface area contributed by atoms with Crippen LogP contribution in [0.25, 0.3) is 6.08 Å². The molecular weight excluding hydrogens is 300 g/mol. The lowest BCUT2D eigenvalue weighted by atomic mass is 10.2. The molecule has 0 aliphatic rings. The maximum Gasteiger partial charge on any atom is 0.328 e. The zero-order valence-electron chi connectivity index (χ0n) is 10.1. The largest absolute Gasteiger partial charge is 0.490 e. The second-order valence-corrected chi connectivity index (χ2v) is 4.26. The van der Waals surface area contributed by atoms with Gasteiger partial charge in [-0.15, -0.1) is 0 Å². The molecule has 98 valence electrons. The third-order valence-electron chi connectivity index (χ3n) is 2.06. The summed E-state index contributed by atoms with van der Waals surface area (Å²) in [6.07, 6.45) is 2.62. The Bertz CT molecular complexity index is 429. The highest BCUT2D eigenvalue weighted by Crippen LogP contribution is 2.26. The van der Waals surface area contributed by atoms with Gasteiger partial charge in [0.05, 0.1) is 11.1 Å². The first-order chi connectivity index (χ1) is 8.63. The molecule has 0 radical (unpaired) electrons. The SMILES string of the molecule is CCOCCOc1ccc(C=CC(=O)O)cc1Br. The minimum absolute atomic E-state index is 0.483. The van der Waals surface area contributed by atoms with E-state index in [1.807, 2.05) is 6.92 Å². The normalized spacial score (nSPS) is 10.8. The molecule has 1 N–H and O–H groups in total. The van der Waals surface area contributed by atoms with Crippen LogP contribution in [0.3, 0.4) is 0 Å². The van der Waals surface area contributed by atoms with Crippen molar-refractivity contribution in [2.45, 2.75) is 6.92 Å². The Balaban J connectivity index is 2.59. The van der Waals surface area contributed by atoms with Crippen LogP contribution >= 0.6 is 15.9 Å². The van der Waals surface area contributed by atoms with Crippen LogP contribution in [0, 0.1) is 0 Å². The maximum atomic E-state index is 10.4. The molecule has 1 rings (SSSR count). The summed E-state index contributed by atoms with van der Waals surface area (Å²) in [6.45, 7) is 3.63. The van der Waals surface area contributed by atoms with Crippen molar-refractivity contribution in [2.24, 2.45) is 0 Å². The average Bonchev–Trinajstić information content (AvgIpc) is 2.34. The molecule has 0 heterocycles. The lowest BCUT2D eigenvalue weighted by Gasteiger charge is -2.08. The molecule has 0 aliphatic carbocycles. The van der Waals surface area contributed by atoms with Crippen molar-refractivity contribution in [3.63, 3.8) is 0 Å². The van der Waals surface area contributed by atoms with Gasteiger partial charge in [0.25, 0.3) is 0 Å². The summed E-state index contributed by atoms with van der Waals surface area (Å²) < 4.78 is 11.5. The van der Waals surface area contributed by atoms with Gasteiger partial charge in [-0.3, -0.25) is 0 Å². The van der Waals surface area contributed by atoms with Gasteiger partial charge in [-0.25, -0.2) is 4.79 Å². The lowest BCUT2D eigenvalue weighted by Crippen LogP contribution is -2.06. The van der Waals surface area contributed by atoms with E-state index in [0.717, 1.165) is 16.1 Å². The monoisotopic (exact) mass is 314 g/mol. The third-order valence-corrected chi connectivity index (χ3v) is 2.68. The van der Waals surface area contributed by atoms with Gasteiger partial charge >= 0.3 is 5.97 Å². The molecule has 0 fully saturated rings. The first-order valence-corrected chi connectivity index (χ1v) is 6.34. The number of ether oxygens (including phenoxy) is 2. The van der Waals surface area contributed by atoms with Gasteiger partial charge in [0, 0.05) is 12.7 Å². The summed E-state index contributed by atoms with van der Waals surface area (Å²) in [4.78, 5) is 10.4. The van der Waals surface area contributed by atoms with Gasteiger partial charge in [-0.2, -0.15) is 0 Å². The summed E-state index contributed by atoms with van der Waals surface area (Å²) in [6, 6.07) is 5.38. The molecule has 18 heavy (non-hydrogen) atoms. The fourth-order valence-corrected chi connectivity index (χ4v) is 1.77. The standard InChI is InChI=1S/C13H15BrO4/c1-2-17-7-8-18-12-5-3-10(9-11(12)14)4-6-13(15)16/h3-6,9H,2,7-8H2,1H3,(H,15,16). The Labute approximate surface area is 114 Å². The Kier molecular flexibility index (Phi) is 6.46. The van der Waals surface area contributed by atoms with Crippen LogP contribution in [0.2, 0.25) is 0 Å². The third kappa shape index (κ3) is 5.33. The minimum atomic E-state index is -0.969. The van der Waals surface area contributed by atoms with E-state index in [1.54, 1.807) is 18.2 Å². The minimum Gasteiger partial charge on any atom is -0.490 e. The van der Waals surface area contributed by atoms with Crippen molar-refractivity contribution in [2.75, 3.05) is 19.8 Å². The van der Waals surface area contributed by atoms with E-state index >= 15 is 0 Å². The first-order valence-electron chi connectivity index (χ1n) is 5.54. The molecule has 0 bridgehead atoms. The van der Waals surface area contributed by atoms with Gasteiger partial charge in [-0.1, -0.05) is 6.07 Å². The van der Waals surface area contributed by atoms with Crippen molar-refractivity contribution >= 4 is 28.0 Å². The second-order valence-electron chi connectivity index (χ2n) is 3.41. The highest BCUT2D eigenvalue weighted by atomic mass is 79.9. The zero-order valence-corrected chi connectivity index (χ0v) is 11.6. The highest BCUT2D eigenvalue weighted by Gasteiger charge is 2.01. The van der Waals surface area contributed by atoms with Crippen LogP contribution in [0.5, 0.6) is 5.75 Å². The number of carboxylic acids is 1. The molecule has 5 heteroatoms. The van der Waals surface area contributed by atoms with E-state index in [9.17, 15) is 4.79 Å². The highest BCUT2D eigenvalue weighted by molar-refractivity contribution is 9.10. The maximum absolute atomic E-state index is 10.4. The van der Waals surface area contributed by atoms with Gasteiger partial charge in [-0.05, 0) is 46.6 Å². The number of rotatable bonds is 7. The summed E-state index contributed by atoms with van der Waals surface area (Å²) in [5.74, 6) is -0.259. The van der Waals surface area contributed by atoms with Crippen LogP contribution in [-0.2, 0) is 9.53 Å². The van der Waals surface area contributed by atoms with Crippen LogP contribution in [-0.4, -0.2) is 30.9 Å². The molecular formula is C13H15BrO4. The van der Waals surface area contributed by atoms with E-state index in [1.165, 1.54) is 6.08 Å². The van der Waals surface area contributed by atoms with Crippen molar-refractivity contribution in [3.8, 4) is 5.75 Å². The molecule has 0 aromatic heterocycles. The molecule has 0 saturated carbocycles. The molecule has 0 aliphatic heterocycles. The van der Waals surface area contributed by atoms with Gasteiger partial charge in [0.1, 0.15) is 12.4 Å². The second kappa shape index (κ2) is 7.89. The lowest BCUT2D eigenvalue weighted by molar-refractivity contribution is -0.131. The number of carbonyl (C=O) groups is 1. The molecule has 4 nitrogen and oxygen atoms in total. The van der Waals surface area contributed by atoms with Crippen molar-refractivity contribution in [3.05, 3.63) is 34.3 Å². The van der Waals surface area contributed by atoms with Crippen molar-refractivity contribution < 1.29 is 19.4 Å². The van der Waals surface area contributed by atoms with E-state index in [4.69, 9.17) is 14.6 Å². The van der Waals surface area contributed by atoms with Crippen LogP contribution in [0.4, 0.5) is 0 Å². The van der Waals surface area contributed by atoms with E-state index in [0.29, 0.717) is 25.6 Å². The summed E-state index contributed by atoms with van der Waals surface area (Å²) in [7, 11) is 0. The summed E-state index contributed by atoms with van der Waals surface area (Å²) >= 11 is 3.38. The molecule has 0 saturated heterocycles. The fourth-order valence-electron chi connectivity index (χ4n) is 1.26. The number of halogens is 1. The number of aliphatic carboxylic acids is 1. The number of hydrogen-bond acceptors (Lipinski definition) is 3. The van der Waals surface area contributed by atoms with Crippen LogP contribution in [0.15, 0.2) is 28.7 Å². The Morgan fingerprint density at radius 2 is 2.22 bits per heavy atom. The van der Waals surface area contributed by atoms with Crippen LogP contribution < -0.4 is 4.74 Å². The topological polar surface area (TPSA) is 55.8 Å². The summed E-state index contributed by atoms with van der Waals surface area (Å²) in [5, 5.41) is 8.53. The van der Waals surface area contributed by atoms with E-state index in [-0.39, 0.29) is 0 Å². The summed E-state index contributed by atoms with van der Waals surface area (Å²) in [5.41, 5.74) is 0.793. The van der Waals surface area contributed by atoms with Gasteiger partial charge < -0.3 is 14.6 Å². The molecule has 0 spiro atoms. The van der Waals surface area contributed by atoms with E-state index in [2.05, 4.69) is 15.9 Å². The first kappa shape index (κ1) is 14.7. The molecule has 0 unspecified atom stereocenters. The quantitative estimate of drug-likeness (QED) is 0.621. The Morgan fingerprint density at radius 1 is 1.44 bits per heavy atom. The number of benzene rings is 1. The predicted octanol–water partition coefficient (Wildman–Crippen LogP) is 2.96. The Morgan fingerprint density at radius 3 is 2.83 bits per heavy atom.